The van der Waals surface area contributed by atoms with Gasteiger partial charge in [0.15, 0.2) is 9.84 Å². The van der Waals surface area contributed by atoms with Crippen LogP contribution in [0.15, 0.2) is 36.7 Å². The molecule has 0 unspecified atom stereocenters. The van der Waals surface area contributed by atoms with Crippen molar-refractivity contribution in [2.75, 3.05) is 83.3 Å². The van der Waals surface area contributed by atoms with Crippen molar-refractivity contribution in [3.8, 4) is 11.3 Å². The fourth-order valence-corrected chi connectivity index (χ4v) is 6.74. The summed E-state index contributed by atoms with van der Waals surface area (Å²) in [6, 6.07) is 8.36. The number of sulfone groups is 1. The van der Waals surface area contributed by atoms with Crippen LogP contribution in [0.5, 0.6) is 0 Å². The van der Waals surface area contributed by atoms with Gasteiger partial charge in [-0.05, 0) is 69.2 Å². The van der Waals surface area contributed by atoms with Crippen molar-refractivity contribution in [3.05, 3.63) is 42.2 Å². The monoisotopic (exact) mass is 539 g/mol. The first-order valence-corrected chi connectivity index (χ1v) is 15.7. The first kappa shape index (κ1) is 27.1. The maximum atomic E-state index is 11.8. The Balaban J connectivity index is 1.30. The summed E-state index contributed by atoms with van der Waals surface area (Å²) in [5.74, 6) is 1.42. The number of pyridine rings is 2. The summed E-state index contributed by atoms with van der Waals surface area (Å²) in [6.45, 7) is 8.86. The number of aryl methyl sites for hydroxylation is 2. The minimum Gasteiger partial charge on any atom is -0.373 e. The van der Waals surface area contributed by atoms with Gasteiger partial charge in [0.2, 0.25) is 0 Å². The summed E-state index contributed by atoms with van der Waals surface area (Å²) in [4.78, 5) is 16.8. The molecule has 5 rings (SSSR count). The van der Waals surface area contributed by atoms with Crippen LogP contribution in [-0.2, 0) is 22.8 Å². The van der Waals surface area contributed by atoms with E-state index in [0.717, 1.165) is 87.8 Å². The quantitative estimate of drug-likeness (QED) is 0.421. The molecule has 9 nitrogen and oxygen atoms in total. The van der Waals surface area contributed by atoms with Crippen LogP contribution in [0.4, 0.5) is 5.82 Å². The van der Waals surface area contributed by atoms with Gasteiger partial charge in [0.1, 0.15) is 11.5 Å². The molecule has 38 heavy (non-hydrogen) atoms. The van der Waals surface area contributed by atoms with Gasteiger partial charge < -0.3 is 24.6 Å². The van der Waals surface area contributed by atoms with E-state index in [9.17, 15) is 8.42 Å². The topological polar surface area (TPSA) is 86.6 Å². The lowest BCUT2D eigenvalue weighted by Crippen LogP contribution is -2.44. The molecular weight excluding hydrogens is 498 g/mol. The molecular formula is C28H41N7O2S. The van der Waals surface area contributed by atoms with E-state index in [1.54, 1.807) is 0 Å². The average molecular weight is 540 g/mol. The molecule has 1 N–H and O–H groups in total. The largest absolute Gasteiger partial charge is 0.373 e. The Labute approximate surface area is 226 Å². The Morgan fingerprint density at radius 1 is 0.895 bits per heavy atom. The van der Waals surface area contributed by atoms with Crippen molar-refractivity contribution in [3.63, 3.8) is 0 Å². The predicted octanol–water partition coefficient (Wildman–Crippen LogP) is 2.44. The Morgan fingerprint density at radius 3 is 2.34 bits per heavy atom. The Kier molecular flexibility index (Phi) is 8.62. The van der Waals surface area contributed by atoms with Crippen molar-refractivity contribution < 1.29 is 8.42 Å². The molecule has 0 aliphatic carbocycles. The third kappa shape index (κ3) is 6.72. The van der Waals surface area contributed by atoms with E-state index in [1.165, 1.54) is 10.9 Å². The van der Waals surface area contributed by atoms with E-state index < -0.39 is 9.84 Å². The normalized spacial score (nSPS) is 19.2. The predicted molar refractivity (Wildman–Crippen MR) is 154 cm³/mol. The van der Waals surface area contributed by atoms with Crippen LogP contribution in [-0.4, -0.2) is 116 Å². The molecule has 0 radical (unpaired) electrons. The van der Waals surface area contributed by atoms with E-state index in [2.05, 4.69) is 61.0 Å². The van der Waals surface area contributed by atoms with E-state index in [4.69, 9.17) is 4.98 Å². The number of rotatable bonds is 10. The van der Waals surface area contributed by atoms with E-state index in [1.807, 2.05) is 19.3 Å². The van der Waals surface area contributed by atoms with E-state index in [0.29, 0.717) is 13.1 Å². The molecule has 3 aromatic heterocycles. The number of nitrogens with zero attached hydrogens (tertiary/aromatic N) is 6. The summed E-state index contributed by atoms with van der Waals surface area (Å²) in [7, 11) is 1.23. The van der Waals surface area contributed by atoms with Crippen LogP contribution in [0.1, 0.15) is 18.4 Å². The minimum atomic E-state index is -2.84. The fourth-order valence-electron chi connectivity index (χ4n) is 5.46. The fraction of sp³-hybridized carbons (Fsp3) is 0.571. The molecule has 5 heterocycles. The van der Waals surface area contributed by atoms with Gasteiger partial charge in [-0.3, -0.25) is 0 Å². The molecule has 0 amide bonds. The maximum absolute atomic E-state index is 11.8. The van der Waals surface area contributed by atoms with Gasteiger partial charge in [-0.25, -0.2) is 18.4 Å². The highest BCUT2D eigenvalue weighted by molar-refractivity contribution is 7.91. The molecule has 206 valence electrons. The summed E-state index contributed by atoms with van der Waals surface area (Å²) < 4.78 is 25.9. The minimum absolute atomic E-state index is 0.288. The third-order valence-corrected chi connectivity index (χ3v) is 9.56. The molecule has 2 fully saturated rings. The van der Waals surface area contributed by atoms with Crippen LogP contribution in [0, 0.1) is 0 Å². The first-order valence-electron chi connectivity index (χ1n) is 13.9. The van der Waals surface area contributed by atoms with Crippen LogP contribution in [0.25, 0.3) is 22.3 Å². The first-order chi connectivity index (χ1) is 18.4. The number of anilines is 1. The highest BCUT2D eigenvalue weighted by atomic mass is 32.2. The van der Waals surface area contributed by atoms with Gasteiger partial charge in [-0.15, -0.1) is 0 Å². The lowest BCUT2D eigenvalue weighted by Gasteiger charge is -2.32. The molecule has 3 aromatic rings. The number of hydrogen-bond donors (Lipinski definition) is 1. The molecule has 0 aromatic carbocycles. The van der Waals surface area contributed by atoms with Crippen molar-refractivity contribution in [1.82, 2.24) is 29.2 Å². The molecule has 0 spiro atoms. The molecule has 0 bridgehead atoms. The van der Waals surface area contributed by atoms with Crippen LogP contribution in [0.2, 0.25) is 0 Å². The van der Waals surface area contributed by atoms with Gasteiger partial charge in [-0.2, -0.15) is 0 Å². The smallest absolute Gasteiger partial charge is 0.152 e. The van der Waals surface area contributed by atoms with Gasteiger partial charge in [-0.1, -0.05) is 0 Å². The SMILES string of the molecule is CNc1ccc(-c2ccc3c(CCCN4CCS(=O)(=O)CC4)cn(CCCN4CCN(C)CC4)c3n2)cn1. The number of nitrogens with one attached hydrogen (secondary N) is 1. The van der Waals surface area contributed by atoms with Crippen molar-refractivity contribution >= 4 is 26.7 Å². The number of aromatic nitrogens is 3. The highest BCUT2D eigenvalue weighted by Crippen LogP contribution is 2.26. The number of fused-ring (bicyclic) bond motifs is 1. The summed E-state index contributed by atoms with van der Waals surface area (Å²) in [5.41, 5.74) is 4.31. The zero-order valence-electron chi connectivity index (χ0n) is 22.8. The Bertz CT molecular complexity index is 1300. The zero-order valence-corrected chi connectivity index (χ0v) is 23.6. The molecule has 2 aliphatic heterocycles. The molecule has 2 saturated heterocycles. The Morgan fingerprint density at radius 2 is 1.63 bits per heavy atom. The summed E-state index contributed by atoms with van der Waals surface area (Å²) >= 11 is 0. The van der Waals surface area contributed by atoms with Crippen LogP contribution in [0.3, 0.4) is 0 Å². The summed E-state index contributed by atoms with van der Waals surface area (Å²) in [6.07, 6.45) is 7.25. The van der Waals surface area contributed by atoms with E-state index >= 15 is 0 Å². The highest BCUT2D eigenvalue weighted by Gasteiger charge is 2.21. The number of likely N-dealkylation sites (N-methyl/N-ethyl adjacent to an activating group) is 1. The van der Waals surface area contributed by atoms with Gasteiger partial charge >= 0.3 is 0 Å². The second kappa shape index (κ2) is 12.1. The number of piperazine rings is 1. The van der Waals surface area contributed by atoms with Gasteiger partial charge in [0.25, 0.3) is 0 Å². The molecule has 0 saturated carbocycles. The summed E-state index contributed by atoms with van der Waals surface area (Å²) in [5, 5.41) is 4.29. The van der Waals surface area contributed by atoms with E-state index in [-0.39, 0.29) is 11.5 Å². The maximum Gasteiger partial charge on any atom is 0.152 e. The van der Waals surface area contributed by atoms with Crippen molar-refractivity contribution in [2.45, 2.75) is 25.8 Å². The molecule has 2 aliphatic rings. The standard InChI is InChI=1S/C28H41N7O2S/c1-29-27-9-6-23(21-30-27)26-8-7-25-24(5-3-10-34-17-19-38(36,37)20-18-34)22-35(28(25)31-26)12-4-11-33-15-13-32(2)14-16-33/h6-9,21-22H,3-5,10-20H2,1-2H3,(H,29,30). The lowest BCUT2D eigenvalue weighted by atomic mass is 10.1. The molecule has 0 atom stereocenters. The van der Waals surface area contributed by atoms with Crippen molar-refractivity contribution in [2.24, 2.45) is 0 Å². The Hall–Kier alpha value is -2.53. The van der Waals surface area contributed by atoms with Crippen molar-refractivity contribution in [1.29, 1.82) is 0 Å². The number of hydrogen-bond acceptors (Lipinski definition) is 8. The van der Waals surface area contributed by atoms with Gasteiger partial charge in [0, 0.05) is 76.2 Å². The molecule has 10 heteroatoms. The second-order valence-corrected chi connectivity index (χ2v) is 13.0. The average Bonchev–Trinajstić information content (AvgIpc) is 3.27. The lowest BCUT2D eigenvalue weighted by molar-refractivity contribution is 0.151. The zero-order chi connectivity index (χ0) is 26.5. The van der Waals surface area contributed by atoms with Crippen LogP contribution >= 0.6 is 0 Å². The third-order valence-electron chi connectivity index (χ3n) is 7.95. The second-order valence-electron chi connectivity index (χ2n) is 10.7. The van der Waals surface area contributed by atoms with Gasteiger partial charge in [0.05, 0.1) is 17.2 Å². The van der Waals surface area contributed by atoms with Crippen LogP contribution < -0.4 is 5.32 Å².